The van der Waals surface area contributed by atoms with Gasteiger partial charge in [0.05, 0.1) is 11.7 Å². The van der Waals surface area contributed by atoms with Crippen molar-refractivity contribution in [2.45, 2.75) is 42.4 Å². The molecule has 0 radical (unpaired) electrons. The van der Waals surface area contributed by atoms with Crippen LogP contribution in [0.15, 0.2) is 23.6 Å². The Balaban J connectivity index is 1.92. The average Bonchev–Trinajstić information content (AvgIpc) is 2.41. The van der Waals surface area contributed by atoms with E-state index < -0.39 is 5.95 Å². The highest BCUT2D eigenvalue weighted by molar-refractivity contribution is 8.00. The first-order chi connectivity index (χ1) is 8.83. The van der Waals surface area contributed by atoms with Crippen LogP contribution in [0.1, 0.15) is 32.1 Å². The van der Waals surface area contributed by atoms with Gasteiger partial charge in [-0.3, -0.25) is 0 Å². The Hall–Kier alpha value is -1.23. The minimum absolute atomic E-state index is 0.470. The molecule has 0 N–H and O–H groups in total. The van der Waals surface area contributed by atoms with Gasteiger partial charge in [0, 0.05) is 16.7 Å². The molecule has 5 heteroatoms. The SMILES string of the molecule is Fc1cc2c(SC3CCCCC3)ncnc2cn1. The first-order valence-electron chi connectivity index (χ1n) is 6.26. The van der Waals surface area contributed by atoms with Gasteiger partial charge in [-0.05, 0) is 12.8 Å². The maximum atomic E-state index is 13.2. The van der Waals surface area contributed by atoms with E-state index in [-0.39, 0.29) is 0 Å². The number of fused-ring (bicyclic) bond motifs is 1. The van der Waals surface area contributed by atoms with E-state index >= 15 is 0 Å². The predicted molar refractivity (Wildman–Crippen MR) is 70.0 cm³/mol. The fraction of sp³-hybridized carbons (Fsp3) is 0.462. The highest BCUT2D eigenvalue weighted by atomic mass is 32.2. The zero-order valence-electron chi connectivity index (χ0n) is 9.97. The summed E-state index contributed by atoms with van der Waals surface area (Å²) in [5.41, 5.74) is 0.713. The van der Waals surface area contributed by atoms with Crippen molar-refractivity contribution in [2.75, 3.05) is 0 Å². The Kier molecular flexibility index (Phi) is 3.41. The van der Waals surface area contributed by atoms with Crippen molar-refractivity contribution in [1.82, 2.24) is 15.0 Å². The zero-order chi connectivity index (χ0) is 12.4. The van der Waals surface area contributed by atoms with Crippen molar-refractivity contribution in [2.24, 2.45) is 0 Å². The molecule has 1 saturated carbocycles. The van der Waals surface area contributed by atoms with Gasteiger partial charge in [0.1, 0.15) is 11.4 Å². The lowest BCUT2D eigenvalue weighted by atomic mass is 10.0. The molecule has 0 aromatic carbocycles. The van der Waals surface area contributed by atoms with Crippen molar-refractivity contribution >= 4 is 22.7 Å². The molecule has 2 aromatic rings. The number of rotatable bonds is 2. The fourth-order valence-corrected chi connectivity index (χ4v) is 3.63. The van der Waals surface area contributed by atoms with Crippen LogP contribution in [0.4, 0.5) is 4.39 Å². The summed E-state index contributed by atoms with van der Waals surface area (Å²) in [6, 6.07) is 1.43. The van der Waals surface area contributed by atoms with E-state index in [1.807, 2.05) is 0 Å². The molecule has 1 fully saturated rings. The summed E-state index contributed by atoms with van der Waals surface area (Å²) in [5, 5.41) is 2.27. The van der Waals surface area contributed by atoms with Crippen molar-refractivity contribution in [1.29, 1.82) is 0 Å². The van der Waals surface area contributed by atoms with Gasteiger partial charge in [0.2, 0.25) is 5.95 Å². The summed E-state index contributed by atoms with van der Waals surface area (Å²) in [6.45, 7) is 0. The highest BCUT2D eigenvalue weighted by Gasteiger charge is 2.17. The van der Waals surface area contributed by atoms with E-state index in [2.05, 4.69) is 15.0 Å². The van der Waals surface area contributed by atoms with Gasteiger partial charge in [0.25, 0.3) is 0 Å². The van der Waals surface area contributed by atoms with E-state index in [0.717, 1.165) is 10.4 Å². The molecule has 3 nitrogen and oxygen atoms in total. The molecule has 0 amide bonds. The molecule has 2 aromatic heterocycles. The van der Waals surface area contributed by atoms with Gasteiger partial charge in [0.15, 0.2) is 0 Å². The number of halogens is 1. The van der Waals surface area contributed by atoms with Crippen LogP contribution in [0.5, 0.6) is 0 Å². The summed E-state index contributed by atoms with van der Waals surface area (Å²) in [4.78, 5) is 12.1. The Morgan fingerprint density at radius 2 is 1.94 bits per heavy atom. The van der Waals surface area contributed by atoms with E-state index in [9.17, 15) is 4.39 Å². The second-order valence-electron chi connectivity index (χ2n) is 4.58. The summed E-state index contributed by atoms with van der Waals surface area (Å²) in [7, 11) is 0. The Labute approximate surface area is 109 Å². The third-order valence-corrected chi connectivity index (χ3v) is 4.64. The Morgan fingerprint density at radius 3 is 2.78 bits per heavy atom. The van der Waals surface area contributed by atoms with E-state index in [1.165, 1.54) is 50.7 Å². The minimum Gasteiger partial charge on any atom is -0.235 e. The van der Waals surface area contributed by atoms with E-state index in [0.29, 0.717) is 10.8 Å². The highest BCUT2D eigenvalue weighted by Crippen LogP contribution is 2.35. The number of hydrogen-bond acceptors (Lipinski definition) is 4. The number of hydrogen-bond donors (Lipinski definition) is 0. The molecule has 0 atom stereocenters. The fourth-order valence-electron chi connectivity index (χ4n) is 2.34. The molecule has 2 heterocycles. The molecule has 18 heavy (non-hydrogen) atoms. The molecule has 0 spiro atoms. The lowest BCUT2D eigenvalue weighted by Crippen LogP contribution is -2.08. The summed E-state index contributed by atoms with van der Waals surface area (Å²) >= 11 is 1.76. The maximum Gasteiger partial charge on any atom is 0.213 e. The quantitative estimate of drug-likeness (QED) is 0.613. The van der Waals surface area contributed by atoms with Gasteiger partial charge in [-0.2, -0.15) is 4.39 Å². The van der Waals surface area contributed by atoms with E-state index in [4.69, 9.17) is 0 Å². The van der Waals surface area contributed by atoms with Crippen LogP contribution < -0.4 is 0 Å². The number of nitrogens with zero attached hydrogens (tertiary/aromatic N) is 3. The molecule has 0 saturated heterocycles. The van der Waals surface area contributed by atoms with Crippen LogP contribution in [-0.2, 0) is 0 Å². The monoisotopic (exact) mass is 263 g/mol. The molecule has 0 aliphatic heterocycles. The number of pyridine rings is 1. The summed E-state index contributed by atoms with van der Waals surface area (Å²) in [6.07, 6.45) is 9.37. The molecule has 1 aliphatic rings. The van der Waals surface area contributed by atoms with Crippen LogP contribution in [0.25, 0.3) is 10.9 Å². The van der Waals surface area contributed by atoms with Crippen molar-refractivity contribution in [3.8, 4) is 0 Å². The second-order valence-corrected chi connectivity index (χ2v) is 5.87. The van der Waals surface area contributed by atoms with Gasteiger partial charge >= 0.3 is 0 Å². The lowest BCUT2D eigenvalue weighted by Gasteiger charge is -2.20. The third-order valence-electron chi connectivity index (χ3n) is 3.28. The van der Waals surface area contributed by atoms with Crippen molar-refractivity contribution in [3.05, 3.63) is 24.5 Å². The normalized spacial score (nSPS) is 17.2. The molecule has 0 bridgehead atoms. The Bertz CT molecular complexity index is 555. The first-order valence-corrected chi connectivity index (χ1v) is 7.14. The molecule has 94 valence electrons. The lowest BCUT2D eigenvalue weighted by molar-refractivity contribution is 0.516. The van der Waals surface area contributed by atoms with Gasteiger partial charge < -0.3 is 0 Å². The van der Waals surface area contributed by atoms with Gasteiger partial charge in [-0.15, -0.1) is 11.8 Å². The van der Waals surface area contributed by atoms with Gasteiger partial charge in [-0.25, -0.2) is 15.0 Å². The topological polar surface area (TPSA) is 38.7 Å². The van der Waals surface area contributed by atoms with Crippen LogP contribution in [0.2, 0.25) is 0 Å². The number of thioether (sulfide) groups is 1. The van der Waals surface area contributed by atoms with Crippen LogP contribution in [0, 0.1) is 5.95 Å². The third kappa shape index (κ3) is 2.46. The van der Waals surface area contributed by atoms with Crippen LogP contribution in [-0.4, -0.2) is 20.2 Å². The molecule has 3 rings (SSSR count). The average molecular weight is 263 g/mol. The van der Waals surface area contributed by atoms with Crippen molar-refractivity contribution < 1.29 is 4.39 Å². The number of aromatic nitrogens is 3. The van der Waals surface area contributed by atoms with E-state index in [1.54, 1.807) is 11.8 Å². The molecular weight excluding hydrogens is 249 g/mol. The van der Waals surface area contributed by atoms with Crippen LogP contribution in [0.3, 0.4) is 0 Å². The minimum atomic E-state index is -0.470. The second kappa shape index (κ2) is 5.18. The standard InChI is InChI=1S/C13H14FN3S/c14-12-6-10-11(7-15-12)16-8-17-13(10)18-9-4-2-1-3-5-9/h6-9H,1-5H2. The summed E-state index contributed by atoms with van der Waals surface area (Å²) < 4.78 is 13.2. The smallest absolute Gasteiger partial charge is 0.213 e. The van der Waals surface area contributed by atoms with Crippen LogP contribution >= 0.6 is 11.8 Å². The molecule has 1 aliphatic carbocycles. The zero-order valence-corrected chi connectivity index (χ0v) is 10.8. The van der Waals surface area contributed by atoms with Crippen molar-refractivity contribution in [3.63, 3.8) is 0 Å². The maximum absolute atomic E-state index is 13.2. The molecule has 0 unspecified atom stereocenters. The first kappa shape index (κ1) is 11.8. The predicted octanol–water partition coefficient (Wildman–Crippen LogP) is 3.59. The summed E-state index contributed by atoms with van der Waals surface area (Å²) in [5.74, 6) is -0.470. The molecular formula is C13H14FN3S. The van der Waals surface area contributed by atoms with Gasteiger partial charge in [-0.1, -0.05) is 19.3 Å². The largest absolute Gasteiger partial charge is 0.235 e. The Morgan fingerprint density at radius 1 is 1.11 bits per heavy atom.